The standard InChI is InChI=1S/C14H11ClN2O2/c1-7-5-8(16)6-9(13(7)18)14-17-12-10(15)3-2-4-11(12)19-14/h2-6,18H,16H2,1H3. The van der Waals surface area contributed by atoms with E-state index in [1.54, 1.807) is 37.3 Å². The summed E-state index contributed by atoms with van der Waals surface area (Å²) in [6.45, 7) is 1.77. The smallest absolute Gasteiger partial charge is 0.231 e. The molecule has 0 aliphatic rings. The Morgan fingerprint density at radius 3 is 2.84 bits per heavy atom. The molecule has 3 rings (SSSR count). The quantitative estimate of drug-likeness (QED) is 0.524. The van der Waals surface area contributed by atoms with E-state index in [1.165, 1.54) is 0 Å². The number of fused-ring (bicyclic) bond motifs is 1. The molecule has 0 bridgehead atoms. The van der Waals surface area contributed by atoms with Crippen molar-refractivity contribution in [1.29, 1.82) is 0 Å². The highest BCUT2D eigenvalue weighted by Crippen LogP contribution is 2.36. The topological polar surface area (TPSA) is 72.3 Å². The Kier molecular flexibility index (Phi) is 2.61. The molecule has 1 heterocycles. The predicted octanol–water partition coefficient (Wildman–Crippen LogP) is 3.74. The van der Waals surface area contributed by atoms with Gasteiger partial charge in [-0.15, -0.1) is 0 Å². The van der Waals surface area contributed by atoms with Crippen molar-refractivity contribution in [2.75, 3.05) is 5.73 Å². The number of hydrogen-bond donors (Lipinski definition) is 2. The molecule has 19 heavy (non-hydrogen) atoms. The molecule has 96 valence electrons. The van der Waals surface area contributed by atoms with Gasteiger partial charge in [-0.1, -0.05) is 17.7 Å². The van der Waals surface area contributed by atoms with Crippen molar-refractivity contribution in [1.82, 2.24) is 4.98 Å². The lowest BCUT2D eigenvalue weighted by Gasteiger charge is -2.05. The Bertz CT molecular complexity index is 780. The van der Waals surface area contributed by atoms with E-state index in [2.05, 4.69) is 4.98 Å². The lowest BCUT2D eigenvalue weighted by molar-refractivity contribution is 0.470. The van der Waals surface area contributed by atoms with Crippen LogP contribution in [-0.4, -0.2) is 10.1 Å². The van der Waals surface area contributed by atoms with Gasteiger partial charge >= 0.3 is 0 Å². The van der Waals surface area contributed by atoms with Crippen LogP contribution >= 0.6 is 11.6 Å². The molecule has 0 aliphatic heterocycles. The van der Waals surface area contributed by atoms with Crippen molar-refractivity contribution >= 4 is 28.4 Å². The molecule has 0 spiro atoms. The number of aromatic nitrogens is 1. The number of halogens is 1. The van der Waals surface area contributed by atoms with Crippen LogP contribution in [0.5, 0.6) is 5.75 Å². The van der Waals surface area contributed by atoms with E-state index >= 15 is 0 Å². The van der Waals surface area contributed by atoms with Crippen molar-refractivity contribution < 1.29 is 9.52 Å². The normalized spacial score (nSPS) is 11.1. The number of aromatic hydroxyl groups is 1. The molecule has 0 saturated carbocycles. The minimum absolute atomic E-state index is 0.108. The van der Waals surface area contributed by atoms with Crippen LogP contribution < -0.4 is 5.73 Å². The number of nitrogens with two attached hydrogens (primary N) is 1. The molecule has 0 fully saturated rings. The van der Waals surface area contributed by atoms with Crippen LogP contribution in [0.1, 0.15) is 5.56 Å². The minimum Gasteiger partial charge on any atom is -0.507 e. The maximum Gasteiger partial charge on any atom is 0.231 e. The Labute approximate surface area is 114 Å². The summed E-state index contributed by atoms with van der Waals surface area (Å²) in [6, 6.07) is 8.61. The highest BCUT2D eigenvalue weighted by atomic mass is 35.5. The summed E-state index contributed by atoms with van der Waals surface area (Å²) in [6.07, 6.45) is 0. The third-order valence-electron chi connectivity index (χ3n) is 2.92. The minimum atomic E-state index is 0.108. The second-order valence-corrected chi connectivity index (χ2v) is 4.75. The highest BCUT2D eigenvalue weighted by molar-refractivity contribution is 6.34. The van der Waals surface area contributed by atoms with Crippen LogP contribution in [0.4, 0.5) is 5.69 Å². The third kappa shape index (κ3) is 1.90. The van der Waals surface area contributed by atoms with Crippen LogP contribution in [0, 0.1) is 6.92 Å². The number of rotatable bonds is 1. The molecule has 3 N–H and O–H groups in total. The fraction of sp³-hybridized carbons (Fsp3) is 0.0714. The largest absolute Gasteiger partial charge is 0.507 e. The van der Waals surface area contributed by atoms with Gasteiger partial charge in [-0.3, -0.25) is 0 Å². The zero-order valence-corrected chi connectivity index (χ0v) is 10.9. The van der Waals surface area contributed by atoms with Crippen LogP contribution in [-0.2, 0) is 0 Å². The Hall–Kier alpha value is -2.20. The maximum absolute atomic E-state index is 10.1. The lowest BCUT2D eigenvalue weighted by Crippen LogP contribution is -1.89. The number of phenolic OH excluding ortho intramolecular Hbond substituents is 1. The third-order valence-corrected chi connectivity index (χ3v) is 3.23. The maximum atomic E-state index is 10.1. The number of para-hydroxylation sites is 1. The van der Waals surface area contributed by atoms with Gasteiger partial charge in [0.05, 0.1) is 10.6 Å². The predicted molar refractivity (Wildman–Crippen MR) is 75.3 cm³/mol. The molecule has 0 radical (unpaired) electrons. The Morgan fingerprint density at radius 1 is 1.32 bits per heavy atom. The van der Waals surface area contributed by atoms with Gasteiger partial charge in [0.15, 0.2) is 5.58 Å². The highest BCUT2D eigenvalue weighted by Gasteiger charge is 2.15. The molecule has 4 nitrogen and oxygen atoms in total. The monoisotopic (exact) mass is 274 g/mol. The Balaban J connectivity index is 2.28. The molecule has 0 atom stereocenters. The van der Waals surface area contributed by atoms with Gasteiger partial charge in [-0.2, -0.15) is 0 Å². The molecule has 0 aliphatic carbocycles. The molecule has 5 heteroatoms. The van der Waals surface area contributed by atoms with Crippen molar-refractivity contribution in [3.8, 4) is 17.2 Å². The van der Waals surface area contributed by atoms with Gasteiger partial charge in [0.25, 0.3) is 0 Å². The van der Waals surface area contributed by atoms with E-state index in [1.807, 2.05) is 0 Å². The number of oxazole rings is 1. The SMILES string of the molecule is Cc1cc(N)cc(-c2nc3c(Cl)cccc3o2)c1O. The van der Waals surface area contributed by atoms with Crippen molar-refractivity contribution in [3.05, 3.63) is 40.9 Å². The van der Waals surface area contributed by atoms with E-state index in [-0.39, 0.29) is 5.75 Å². The lowest BCUT2D eigenvalue weighted by atomic mass is 10.1. The molecule has 2 aromatic carbocycles. The number of phenols is 1. The van der Waals surface area contributed by atoms with Gasteiger partial charge < -0.3 is 15.3 Å². The molecule has 3 aromatic rings. The van der Waals surface area contributed by atoms with Gasteiger partial charge in [0, 0.05) is 5.69 Å². The van der Waals surface area contributed by atoms with Crippen LogP contribution in [0.15, 0.2) is 34.7 Å². The second-order valence-electron chi connectivity index (χ2n) is 4.34. The van der Waals surface area contributed by atoms with Crippen LogP contribution in [0.25, 0.3) is 22.6 Å². The van der Waals surface area contributed by atoms with E-state index in [0.29, 0.717) is 38.8 Å². The fourth-order valence-corrected chi connectivity index (χ4v) is 2.21. The average Bonchev–Trinajstić information content (AvgIpc) is 2.79. The summed E-state index contributed by atoms with van der Waals surface area (Å²) in [4.78, 5) is 4.31. The number of aryl methyl sites for hydroxylation is 1. The number of anilines is 1. The van der Waals surface area contributed by atoms with E-state index < -0.39 is 0 Å². The molecule has 1 aromatic heterocycles. The van der Waals surface area contributed by atoms with E-state index in [0.717, 1.165) is 0 Å². The number of benzene rings is 2. The molecular formula is C14H11ClN2O2. The molecular weight excluding hydrogens is 264 g/mol. The van der Waals surface area contributed by atoms with Crippen molar-refractivity contribution in [2.45, 2.75) is 6.92 Å². The number of hydrogen-bond acceptors (Lipinski definition) is 4. The first-order valence-electron chi connectivity index (χ1n) is 5.71. The van der Waals surface area contributed by atoms with Gasteiger partial charge in [0.2, 0.25) is 5.89 Å². The van der Waals surface area contributed by atoms with E-state index in [4.69, 9.17) is 21.8 Å². The summed E-state index contributed by atoms with van der Waals surface area (Å²) >= 11 is 6.05. The zero-order chi connectivity index (χ0) is 13.6. The molecule has 0 saturated heterocycles. The van der Waals surface area contributed by atoms with Gasteiger partial charge in [0.1, 0.15) is 11.3 Å². The first-order chi connectivity index (χ1) is 9.06. The van der Waals surface area contributed by atoms with Gasteiger partial charge in [-0.05, 0) is 36.8 Å². The molecule has 0 amide bonds. The first kappa shape index (κ1) is 11.9. The summed E-state index contributed by atoms with van der Waals surface area (Å²) in [7, 11) is 0. The van der Waals surface area contributed by atoms with E-state index in [9.17, 15) is 5.11 Å². The fourth-order valence-electron chi connectivity index (χ4n) is 2.00. The summed E-state index contributed by atoms with van der Waals surface area (Å²) in [5, 5.41) is 10.6. The number of nitrogens with zero attached hydrogens (tertiary/aromatic N) is 1. The van der Waals surface area contributed by atoms with Crippen molar-refractivity contribution in [2.24, 2.45) is 0 Å². The number of nitrogen functional groups attached to an aromatic ring is 1. The summed E-state index contributed by atoms with van der Waals surface area (Å²) < 4.78 is 5.61. The average molecular weight is 275 g/mol. The van der Waals surface area contributed by atoms with Crippen LogP contribution in [0.2, 0.25) is 5.02 Å². The first-order valence-corrected chi connectivity index (χ1v) is 6.08. The van der Waals surface area contributed by atoms with Gasteiger partial charge in [-0.25, -0.2) is 4.98 Å². The Morgan fingerprint density at radius 2 is 2.11 bits per heavy atom. The zero-order valence-electron chi connectivity index (χ0n) is 10.1. The van der Waals surface area contributed by atoms with Crippen LogP contribution in [0.3, 0.4) is 0 Å². The molecule has 0 unspecified atom stereocenters. The van der Waals surface area contributed by atoms with Crippen molar-refractivity contribution in [3.63, 3.8) is 0 Å². The summed E-state index contributed by atoms with van der Waals surface area (Å²) in [5.74, 6) is 0.410. The summed E-state index contributed by atoms with van der Waals surface area (Å²) in [5.41, 5.74) is 8.60. The second kappa shape index (κ2) is 4.17.